The third-order valence-corrected chi connectivity index (χ3v) is 4.77. The van der Waals surface area contributed by atoms with Gasteiger partial charge in [0, 0.05) is 13.1 Å². The molecule has 0 radical (unpaired) electrons. The Morgan fingerprint density at radius 1 is 1.25 bits per heavy atom. The van der Waals surface area contributed by atoms with Crippen LogP contribution in [0.15, 0.2) is 24.3 Å². The molecule has 1 N–H and O–H groups in total. The van der Waals surface area contributed by atoms with Gasteiger partial charge in [0.25, 0.3) is 0 Å². The fourth-order valence-corrected chi connectivity index (χ4v) is 3.19. The van der Waals surface area contributed by atoms with E-state index in [0.29, 0.717) is 11.5 Å². The molecule has 1 fully saturated rings. The van der Waals surface area contributed by atoms with Crippen LogP contribution in [0.4, 0.5) is 0 Å². The van der Waals surface area contributed by atoms with Crippen LogP contribution < -0.4 is 5.32 Å². The van der Waals surface area contributed by atoms with Crippen molar-refractivity contribution in [2.75, 3.05) is 0 Å². The Kier molecular flexibility index (Phi) is 3.55. The lowest BCUT2D eigenvalue weighted by molar-refractivity contribution is 0.205. The molecule has 1 aliphatic carbocycles. The molecular formula is C17H25N3. The van der Waals surface area contributed by atoms with Gasteiger partial charge in [-0.15, -0.1) is 0 Å². The van der Waals surface area contributed by atoms with Crippen molar-refractivity contribution in [1.29, 1.82) is 0 Å². The van der Waals surface area contributed by atoms with E-state index >= 15 is 0 Å². The number of nitrogens with one attached hydrogen (secondary N) is 1. The highest BCUT2D eigenvalue weighted by molar-refractivity contribution is 5.75. The van der Waals surface area contributed by atoms with Crippen LogP contribution >= 0.6 is 0 Å². The summed E-state index contributed by atoms with van der Waals surface area (Å²) in [6, 6.07) is 9.00. The number of para-hydroxylation sites is 2. The van der Waals surface area contributed by atoms with Gasteiger partial charge in [0.15, 0.2) is 0 Å². The molecule has 1 aromatic heterocycles. The van der Waals surface area contributed by atoms with Gasteiger partial charge in [0.1, 0.15) is 5.82 Å². The molecular weight excluding hydrogens is 246 g/mol. The highest BCUT2D eigenvalue weighted by Crippen LogP contribution is 2.35. The van der Waals surface area contributed by atoms with Crippen molar-refractivity contribution in [3.8, 4) is 0 Å². The lowest BCUT2D eigenvalue weighted by Gasteiger charge is -2.34. The van der Waals surface area contributed by atoms with Gasteiger partial charge in [-0.3, -0.25) is 0 Å². The molecule has 1 heterocycles. The first-order valence-corrected chi connectivity index (χ1v) is 7.69. The summed E-state index contributed by atoms with van der Waals surface area (Å²) >= 11 is 0. The maximum Gasteiger partial charge on any atom is 0.123 e. The van der Waals surface area contributed by atoms with E-state index in [4.69, 9.17) is 4.98 Å². The Bertz CT molecular complexity index is 587. The van der Waals surface area contributed by atoms with E-state index in [1.165, 1.54) is 31.2 Å². The molecule has 3 heteroatoms. The molecule has 20 heavy (non-hydrogen) atoms. The minimum absolute atomic E-state index is 0.538. The van der Waals surface area contributed by atoms with E-state index < -0.39 is 0 Å². The number of nitrogens with zero attached hydrogens (tertiary/aromatic N) is 2. The molecule has 1 aromatic carbocycles. The minimum Gasteiger partial charge on any atom is -0.330 e. The van der Waals surface area contributed by atoms with Gasteiger partial charge in [-0.2, -0.15) is 0 Å². The average molecular weight is 271 g/mol. The molecule has 1 aliphatic rings. The standard InChI is InChI=1S/C17H25N3/c1-17(2)10-8-13(9-11-17)18-12-16-19-14-6-4-5-7-15(14)20(16)3/h4-7,13,18H,8-12H2,1-3H3. The van der Waals surface area contributed by atoms with Crippen LogP contribution in [0, 0.1) is 5.41 Å². The molecule has 0 atom stereocenters. The summed E-state index contributed by atoms with van der Waals surface area (Å²) in [5.74, 6) is 1.14. The Balaban J connectivity index is 1.64. The molecule has 2 aromatic rings. The SMILES string of the molecule is Cn1c(CNC2CCC(C)(C)CC2)nc2ccccc21. The molecule has 0 aliphatic heterocycles. The molecule has 0 saturated heterocycles. The predicted molar refractivity (Wildman–Crippen MR) is 83.6 cm³/mol. The second-order valence-electron chi connectivity index (χ2n) is 6.90. The van der Waals surface area contributed by atoms with Crippen molar-refractivity contribution in [1.82, 2.24) is 14.9 Å². The number of benzene rings is 1. The van der Waals surface area contributed by atoms with Crippen LogP contribution in [0.3, 0.4) is 0 Å². The van der Waals surface area contributed by atoms with Crippen LogP contribution in [-0.4, -0.2) is 15.6 Å². The summed E-state index contributed by atoms with van der Waals surface area (Å²) < 4.78 is 2.20. The van der Waals surface area contributed by atoms with E-state index in [1.54, 1.807) is 0 Å². The summed E-state index contributed by atoms with van der Waals surface area (Å²) in [5.41, 5.74) is 2.85. The van der Waals surface area contributed by atoms with Gasteiger partial charge in [0.2, 0.25) is 0 Å². The highest BCUT2D eigenvalue weighted by Gasteiger charge is 2.26. The Morgan fingerprint density at radius 3 is 2.65 bits per heavy atom. The monoisotopic (exact) mass is 271 g/mol. The maximum absolute atomic E-state index is 4.73. The molecule has 0 unspecified atom stereocenters. The lowest BCUT2D eigenvalue weighted by atomic mass is 9.75. The third-order valence-electron chi connectivity index (χ3n) is 4.77. The third kappa shape index (κ3) is 2.73. The summed E-state index contributed by atoms with van der Waals surface area (Å²) in [7, 11) is 2.11. The molecule has 1 saturated carbocycles. The van der Waals surface area contributed by atoms with E-state index in [2.05, 4.69) is 55.0 Å². The zero-order valence-corrected chi connectivity index (χ0v) is 12.8. The Labute approximate surface area is 121 Å². The average Bonchev–Trinajstić information content (AvgIpc) is 2.75. The zero-order chi connectivity index (χ0) is 14.2. The van der Waals surface area contributed by atoms with Crippen molar-refractivity contribution in [3.63, 3.8) is 0 Å². The molecule has 108 valence electrons. The minimum atomic E-state index is 0.538. The van der Waals surface area contributed by atoms with Gasteiger partial charge in [-0.25, -0.2) is 4.98 Å². The summed E-state index contributed by atoms with van der Waals surface area (Å²) in [4.78, 5) is 4.73. The number of fused-ring (bicyclic) bond motifs is 1. The van der Waals surface area contributed by atoms with E-state index in [0.717, 1.165) is 17.9 Å². The van der Waals surface area contributed by atoms with Gasteiger partial charge in [-0.05, 0) is 43.2 Å². The molecule has 0 spiro atoms. The molecule has 3 nitrogen and oxygen atoms in total. The highest BCUT2D eigenvalue weighted by atomic mass is 15.1. The van der Waals surface area contributed by atoms with Crippen molar-refractivity contribution >= 4 is 11.0 Å². The van der Waals surface area contributed by atoms with Crippen molar-refractivity contribution in [2.45, 2.75) is 52.1 Å². The predicted octanol–water partition coefficient (Wildman–Crippen LogP) is 3.63. The fraction of sp³-hybridized carbons (Fsp3) is 0.588. The second-order valence-corrected chi connectivity index (χ2v) is 6.90. The first-order valence-electron chi connectivity index (χ1n) is 7.69. The summed E-state index contributed by atoms with van der Waals surface area (Å²) in [6.07, 6.45) is 5.23. The van der Waals surface area contributed by atoms with Gasteiger partial charge in [-0.1, -0.05) is 26.0 Å². The van der Waals surface area contributed by atoms with Crippen LogP contribution in [0.1, 0.15) is 45.4 Å². The number of hydrogen-bond donors (Lipinski definition) is 1. The van der Waals surface area contributed by atoms with Gasteiger partial charge in [0.05, 0.1) is 17.6 Å². The number of aryl methyl sites for hydroxylation is 1. The smallest absolute Gasteiger partial charge is 0.123 e. The van der Waals surface area contributed by atoms with Crippen LogP contribution in [0.5, 0.6) is 0 Å². The summed E-state index contributed by atoms with van der Waals surface area (Å²) in [6.45, 7) is 5.64. The summed E-state index contributed by atoms with van der Waals surface area (Å²) in [5, 5.41) is 3.69. The van der Waals surface area contributed by atoms with Crippen LogP contribution in [-0.2, 0) is 13.6 Å². The number of imidazole rings is 1. The largest absolute Gasteiger partial charge is 0.330 e. The number of aromatic nitrogens is 2. The van der Waals surface area contributed by atoms with Crippen LogP contribution in [0.2, 0.25) is 0 Å². The van der Waals surface area contributed by atoms with E-state index in [-0.39, 0.29) is 0 Å². The molecule has 0 amide bonds. The van der Waals surface area contributed by atoms with Crippen LogP contribution in [0.25, 0.3) is 11.0 Å². The first kappa shape index (κ1) is 13.6. The fourth-order valence-electron chi connectivity index (χ4n) is 3.19. The van der Waals surface area contributed by atoms with Crippen molar-refractivity contribution in [3.05, 3.63) is 30.1 Å². The normalized spacial score (nSPS) is 19.6. The number of hydrogen-bond acceptors (Lipinski definition) is 2. The number of rotatable bonds is 3. The Hall–Kier alpha value is -1.35. The lowest BCUT2D eigenvalue weighted by Crippen LogP contribution is -2.35. The molecule has 0 bridgehead atoms. The second kappa shape index (κ2) is 5.21. The van der Waals surface area contributed by atoms with Gasteiger partial charge < -0.3 is 9.88 Å². The van der Waals surface area contributed by atoms with E-state index in [9.17, 15) is 0 Å². The van der Waals surface area contributed by atoms with E-state index in [1.807, 2.05) is 0 Å². The van der Waals surface area contributed by atoms with Crippen molar-refractivity contribution < 1.29 is 0 Å². The zero-order valence-electron chi connectivity index (χ0n) is 12.8. The maximum atomic E-state index is 4.73. The van der Waals surface area contributed by atoms with Crippen molar-refractivity contribution in [2.24, 2.45) is 12.5 Å². The molecule has 3 rings (SSSR count). The topological polar surface area (TPSA) is 29.9 Å². The Morgan fingerprint density at radius 2 is 1.95 bits per heavy atom. The first-order chi connectivity index (χ1) is 9.55. The quantitative estimate of drug-likeness (QED) is 0.924. The van der Waals surface area contributed by atoms with Gasteiger partial charge >= 0.3 is 0 Å².